The highest BCUT2D eigenvalue weighted by Crippen LogP contribution is 2.32. The van der Waals surface area contributed by atoms with Crippen LogP contribution in [-0.2, 0) is 6.54 Å². The van der Waals surface area contributed by atoms with Gasteiger partial charge in [0.05, 0.1) is 6.61 Å². The number of aryl methyl sites for hydroxylation is 2. The predicted octanol–water partition coefficient (Wildman–Crippen LogP) is 5.40. The zero-order valence-electron chi connectivity index (χ0n) is 19.3. The lowest BCUT2D eigenvalue weighted by Gasteiger charge is -2.18. The second-order valence-electron chi connectivity index (χ2n) is 8.25. The van der Waals surface area contributed by atoms with Crippen molar-refractivity contribution in [3.05, 3.63) is 94.2 Å². The molecule has 6 nitrogen and oxygen atoms in total. The fourth-order valence-corrected chi connectivity index (χ4v) is 4.75. The van der Waals surface area contributed by atoms with Crippen LogP contribution in [0.15, 0.2) is 60.7 Å². The molecule has 1 aromatic heterocycles. The molecule has 0 spiro atoms. The Bertz CT molecular complexity index is 1500. The molecular weight excluding hydrogens is 428 g/mol. The van der Waals surface area contributed by atoms with Crippen molar-refractivity contribution < 1.29 is 19.1 Å². The average molecular weight is 453 g/mol. The largest absolute Gasteiger partial charge is 0.494 e. The van der Waals surface area contributed by atoms with E-state index in [0.717, 1.165) is 22.2 Å². The molecule has 0 saturated carbocycles. The van der Waals surface area contributed by atoms with Gasteiger partial charge in [0.25, 0.3) is 5.91 Å². The Kier molecular flexibility index (Phi) is 5.28. The molecule has 1 aliphatic rings. The van der Waals surface area contributed by atoms with Crippen LogP contribution in [0.4, 0.5) is 5.69 Å². The van der Waals surface area contributed by atoms with Gasteiger partial charge in [-0.25, -0.2) is 0 Å². The van der Waals surface area contributed by atoms with E-state index in [1.54, 1.807) is 42.5 Å². The van der Waals surface area contributed by atoms with E-state index < -0.39 is 0 Å². The standard InChI is InChI=1S/C28H24N2O4/c1-4-30-24-13-11-18(34-5-2)15-22(24)16(3)25(30)28(33)29-17-10-12-21-23(14-17)27(32)20-9-7-6-8-19(20)26(21)31/h6-15H,4-5H2,1-3H3,(H,29,33). The van der Waals surface area contributed by atoms with E-state index in [1.165, 1.54) is 0 Å². The highest BCUT2D eigenvalue weighted by atomic mass is 16.5. The first-order valence-corrected chi connectivity index (χ1v) is 11.3. The molecule has 170 valence electrons. The summed E-state index contributed by atoms with van der Waals surface area (Å²) in [6, 6.07) is 17.5. The number of benzene rings is 3. The second kappa shape index (κ2) is 8.30. The van der Waals surface area contributed by atoms with E-state index in [2.05, 4.69) is 5.32 Å². The maximum atomic E-state index is 13.4. The minimum absolute atomic E-state index is 0.185. The van der Waals surface area contributed by atoms with Crippen molar-refractivity contribution in [2.45, 2.75) is 27.3 Å². The van der Waals surface area contributed by atoms with Crippen molar-refractivity contribution in [2.24, 2.45) is 0 Å². The third kappa shape index (κ3) is 3.30. The summed E-state index contributed by atoms with van der Waals surface area (Å²) < 4.78 is 7.61. The molecule has 6 heteroatoms. The molecule has 1 N–H and O–H groups in total. The van der Waals surface area contributed by atoms with Gasteiger partial charge in [-0.3, -0.25) is 14.4 Å². The van der Waals surface area contributed by atoms with Crippen molar-refractivity contribution in [3.63, 3.8) is 0 Å². The van der Waals surface area contributed by atoms with Gasteiger partial charge in [-0.2, -0.15) is 0 Å². The minimum atomic E-state index is -0.275. The smallest absolute Gasteiger partial charge is 0.272 e. The summed E-state index contributed by atoms with van der Waals surface area (Å²) in [7, 11) is 0. The van der Waals surface area contributed by atoms with Crippen LogP contribution < -0.4 is 10.1 Å². The maximum Gasteiger partial charge on any atom is 0.272 e. The summed E-state index contributed by atoms with van der Waals surface area (Å²) >= 11 is 0. The first-order valence-electron chi connectivity index (χ1n) is 11.3. The van der Waals surface area contributed by atoms with Crippen LogP contribution in [0.3, 0.4) is 0 Å². The third-order valence-electron chi connectivity index (χ3n) is 6.31. The lowest BCUT2D eigenvalue weighted by atomic mass is 9.84. The van der Waals surface area contributed by atoms with Crippen molar-refractivity contribution in [2.75, 3.05) is 11.9 Å². The van der Waals surface area contributed by atoms with E-state index in [9.17, 15) is 14.4 Å². The average Bonchev–Trinajstić information content (AvgIpc) is 3.14. The van der Waals surface area contributed by atoms with Crippen molar-refractivity contribution in [1.29, 1.82) is 0 Å². The van der Waals surface area contributed by atoms with Gasteiger partial charge in [0.1, 0.15) is 11.4 Å². The quantitative estimate of drug-likeness (QED) is 0.388. The molecule has 0 saturated heterocycles. The van der Waals surface area contributed by atoms with Crippen LogP contribution in [0, 0.1) is 6.92 Å². The number of ketones is 2. The minimum Gasteiger partial charge on any atom is -0.494 e. The molecule has 0 fully saturated rings. The topological polar surface area (TPSA) is 77.4 Å². The van der Waals surface area contributed by atoms with E-state index in [-0.39, 0.29) is 17.5 Å². The summed E-state index contributed by atoms with van der Waals surface area (Å²) in [5.41, 5.74) is 4.27. The van der Waals surface area contributed by atoms with Crippen LogP contribution in [0.25, 0.3) is 10.9 Å². The van der Waals surface area contributed by atoms with Gasteiger partial charge >= 0.3 is 0 Å². The number of hydrogen-bond acceptors (Lipinski definition) is 4. The third-order valence-corrected chi connectivity index (χ3v) is 6.31. The number of nitrogens with zero attached hydrogens (tertiary/aromatic N) is 1. The Morgan fingerprint density at radius 1 is 0.882 bits per heavy atom. The monoisotopic (exact) mass is 452 g/mol. The van der Waals surface area contributed by atoms with Crippen LogP contribution >= 0.6 is 0 Å². The number of carbonyl (C=O) groups excluding carboxylic acids is 3. The Morgan fingerprint density at radius 2 is 1.56 bits per heavy atom. The molecular formula is C28H24N2O4. The Morgan fingerprint density at radius 3 is 2.24 bits per heavy atom. The summed E-state index contributed by atoms with van der Waals surface area (Å²) in [6.45, 7) is 7.03. The van der Waals surface area contributed by atoms with Gasteiger partial charge in [-0.05, 0) is 62.7 Å². The lowest BCUT2D eigenvalue weighted by Crippen LogP contribution is -2.22. The van der Waals surface area contributed by atoms with Gasteiger partial charge < -0.3 is 14.6 Å². The summed E-state index contributed by atoms with van der Waals surface area (Å²) in [4.78, 5) is 39.3. The molecule has 0 unspecified atom stereocenters. The second-order valence-corrected chi connectivity index (χ2v) is 8.25. The van der Waals surface area contributed by atoms with Gasteiger partial charge in [0, 0.05) is 45.4 Å². The predicted molar refractivity (Wildman–Crippen MR) is 131 cm³/mol. The fourth-order valence-electron chi connectivity index (χ4n) is 4.75. The molecule has 34 heavy (non-hydrogen) atoms. The molecule has 1 amide bonds. The number of fused-ring (bicyclic) bond motifs is 3. The zero-order chi connectivity index (χ0) is 24.0. The molecule has 1 aliphatic carbocycles. The van der Waals surface area contributed by atoms with Crippen molar-refractivity contribution in [1.82, 2.24) is 4.57 Å². The maximum absolute atomic E-state index is 13.4. The van der Waals surface area contributed by atoms with Crippen LogP contribution in [0.5, 0.6) is 5.75 Å². The molecule has 5 rings (SSSR count). The van der Waals surface area contributed by atoms with E-state index in [0.29, 0.717) is 46.8 Å². The van der Waals surface area contributed by atoms with Gasteiger partial charge in [-0.15, -0.1) is 0 Å². The Balaban J connectivity index is 1.51. The highest BCUT2D eigenvalue weighted by molar-refractivity contribution is 6.28. The first kappa shape index (κ1) is 21.6. The summed E-state index contributed by atoms with van der Waals surface area (Å²) in [6.07, 6.45) is 0. The Hall–Kier alpha value is -4.19. The van der Waals surface area contributed by atoms with Crippen molar-refractivity contribution >= 4 is 34.1 Å². The van der Waals surface area contributed by atoms with E-state index in [1.807, 2.05) is 43.5 Å². The normalized spacial score (nSPS) is 12.4. The molecule has 4 aromatic rings. The first-order chi connectivity index (χ1) is 16.4. The number of carbonyl (C=O) groups is 3. The van der Waals surface area contributed by atoms with Crippen molar-refractivity contribution in [3.8, 4) is 5.75 Å². The van der Waals surface area contributed by atoms with Crippen LogP contribution in [-0.4, -0.2) is 28.6 Å². The molecule has 0 radical (unpaired) electrons. The van der Waals surface area contributed by atoms with Gasteiger partial charge in [0.2, 0.25) is 0 Å². The number of ether oxygens (including phenoxy) is 1. The van der Waals surface area contributed by atoms with E-state index >= 15 is 0 Å². The van der Waals surface area contributed by atoms with Gasteiger partial charge in [-0.1, -0.05) is 24.3 Å². The number of hydrogen-bond donors (Lipinski definition) is 1. The van der Waals surface area contributed by atoms with Crippen LogP contribution in [0.2, 0.25) is 0 Å². The molecule has 0 atom stereocenters. The zero-order valence-corrected chi connectivity index (χ0v) is 19.3. The number of rotatable bonds is 5. The lowest BCUT2D eigenvalue weighted by molar-refractivity contribution is 0.0979. The Labute approximate surface area is 197 Å². The SMILES string of the molecule is CCOc1ccc2c(c1)c(C)c(C(=O)Nc1ccc3c(c1)C(=O)c1ccccc1C3=O)n2CC. The molecule has 0 aliphatic heterocycles. The number of aromatic nitrogens is 1. The summed E-state index contributed by atoms with van der Waals surface area (Å²) in [5, 5.41) is 3.89. The van der Waals surface area contributed by atoms with Gasteiger partial charge in [0.15, 0.2) is 11.6 Å². The molecule has 1 heterocycles. The molecule has 0 bridgehead atoms. The number of amides is 1. The van der Waals surface area contributed by atoms with Crippen LogP contribution in [0.1, 0.15) is 61.7 Å². The van der Waals surface area contributed by atoms with E-state index in [4.69, 9.17) is 4.74 Å². The summed E-state index contributed by atoms with van der Waals surface area (Å²) in [5.74, 6) is 0.0821. The number of anilines is 1. The highest BCUT2D eigenvalue weighted by Gasteiger charge is 2.30. The fraction of sp³-hybridized carbons (Fsp3) is 0.179. The molecule has 3 aromatic carbocycles. The number of nitrogens with one attached hydrogen (secondary N) is 1.